The van der Waals surface area contributed by atoms with Crippen LogP contribution in [0.1, 0.15) is 204 Å². The third-order valence-corrected chi connectivity index (χ3v) is 9.67. The minimum absolute atomic E-state index is 0.0671. The molecule has 3 heterocycles. The van der Waals surface area contributed by atoms with Crippen LogP contribution in [-0.4, -0.2) is 29.9 Å². The van der Waals surface area contributed by atoms with E-state index in [0.29, 0.717) is 0 Å². The first-order valence-corrected chi connectivity index (χ1v) is 18.1. The Morgan fingerprint density at radius 2 is 0.957 bits per heavy atom. The normalized spacial score (nSPS) is 13.2. The second-order valence-electron chi connectivity index (χ2n) is 18.0. The highest BCUT2D eigenvalue weighted by Gasteiger charge is 2.36. The number of H-pyrrole nitrogens is 3. The summed E-state index contributed by atoms with van der Waals surface area (Å²) in [4.78, 5) is 23.9. The monoisotopic (exact) mass is 639 g/mol. The molecule has 6 heteroatoms. The van der Waals surface area contributed by atoms with Crippen molar-refractivity contribution in [3.05, 3.63) is 53.1 Å². The standard InChI is InChI=1S/C19H36N2.C18H34N2.C3H4N2/c1-10-12-13-19(8,9)15-14(18(6,7)11-2)20-16(21-15)17(3,4)5;1-10-12-18(8,9)14-13(17(6,7)11-2)19-15(20-14)16(3,4)5;1-2-5-3-4-1/h10-13H2,1-9H3,(H,20,21);10-12H2,1-9H3,(H,19,20);1-3H,(H,4,5). The van der Waals surface area contributed by atoms with Crippen LogP contribution in [0, 0.1) is 0 Å². The topological polar surface area (TPSA) is 86.0 Å². The molecular weight excluding hydrogens is 564 g/mol. The van der Waals surface area contributed by atoms with Crippen molar-refractivity contribution in [2.75, 3.05) is 0 Å². The summed E-state index contributed by atoms with van der Waals surface area (Å²) in [6.45, 7) is 41.1. The molecule has 3 aromatic rings. The molecular formula is C40H74N6. The summed E-state index contributed by atoms with van der Waals surface area (Å²) < 4.78 is 0. The van der Waals surface area contributed by atoms with Crippen LogP contribution in [-0.2, 0) is 32.5 Å². The molecule has 3 aromatic heterocycles. The number of imidazole rings is 3. The maximum atomic E-state index is 5.06. The number of unbranched alkanes of at least 4 members (excludes halogenated alkanes) is 1. The van der Waals surface area contributed by atoms with Gasteiger partial charge in [0.15, 0.2) is 0 Å². The van der Waals surface area contributed by atoms with Gasteiger partial charge in [0.2, 0.25) is 0 Å². The van der Waals surface area contributed by atoms with Gasteiger partial charge in [-0.2, -0.15) is 0 Å². The second-order valence-corrected chi connectivity index (χ2v) is 18.0. The summed E-state index contributed by atoms with van der Waals surface area (Å²) in [5.41, 5.74) is 5.94. The molecule has 0 radical (unpaired) electrons. The van der Waals surface area contributed by atoms with Crippen molar-refractivity contribution in [2.45, 2.75) is 202 Å². The summed E-state index contributed by atoms with van der Waals surface area (Å²) in [7, 11) is 0. The van der Waals surface area contributed by atoms with Gasteiger partial charge in [0.25, 0.3) is 0 Å². The van der Waals surface area contributed by atoms with Crippen LogP contribution in [0.2, 0.25) is 0 Å². The van der Waals surface area contributed by atoms with Crippen LogP contribution in [0.4, 0.5) is 0 Å². The molecule has 0 unspecified atom stereocenters. The predicted molar refractivity (Wildman–Crippen MR) is 200 cm³/mol. The van der Waals surface area contributed by atoms with Crippen molar-refractivity contribution in [3.63, 3.8) is 0 Å². The Morgan fingerprint density at radius 3 is 1.22 bits per heavy atom. The van der Waals surface area contributed by atoms with E-state index in [2.05, 4.69) is 145 Å². The van der Waals surface area contributed by atoms with E-state index in [0.717, 1.165) is 24.5 Å². The summed E-state index contributed by atoms with van der Waals surface area (Å²) in [5.74, 6) is 2.24. The fourth-order valence-corrected chi connectivity index (χ4v) is 5.47. The van der Waals surface area contributed by atoms with Crippen LogP contribution in [0.25, 0.3) is 0 Å². The second kappa shape index (κ2) is 16.2. The summed E-state index contributed by atoms with van der Waals surface area (Å²) in [6, 6.07) is 0. The minimum atomic E-state index is 0.0671. The zero-order chi connectivity index (χ0) is 35.8. The Morgan fingerprint density at radius 1 is 0.543 bits per heavy atom. The van der Waals surface area contributed by atoms with Crippen molar-refractivity contribution in [1.82, 2.24) is 29.9 Å². The third kappa shape index (κ3) is 11.4. The number of aromatic nitrogens is 6. The number of nitrogens with zero attached hydrogens (tertiary/aromatic N) is 3. The number of hydrogen-bond donors (Lipinski definition) is 3. The summed E-state index contributed by atoms with van der Waals surface area (Å²) >= 11 is 0. The van der Waals surface area contributed by atoms with Crippen LogP contribution in [0.5, 0.6) is 0 Å². The zero-order valence-electron chi connectivity index (χ0n) is 33.5. The quantitative estimate of drug-likeness (QED) is 0.195. The first-order chi connectivity index (χ1) is 20.9. The first-order valence-electron chi connectivity index (χ1n) is 18.1. The smallest absolute Gasteiger partial charge is 0.112 e. The molecule has 0 saturated carbocycles. The maximum Gasteiger partial charge on any atom is 0.112 e. The van der Waals surface area contributed by atoms with E-state index in [-0.39, 0.29) is 32.5 Å². The molecule has 0 fully saturated rings. The van der Waals surface area contributed by atoms with Gasteiger partial charge in [-0.1, -0.05) is 144 Å². The Balaban J connectivity index is 0.000000398. The van der Waals surface area contributed by atoms with Crippen molar-refractivity contribution in [1.29, 1.82) is 0 Å². The van der Waals surface area contributed by atoms with Crippen LogP contribution >= 0.6 is 0 Å². The lowest BCUT2D eigenvalue weighted by Gasteiger charge is -2.29. The van der Waals surface area contributed by atoms with E-state index >= 15 is 0 Å². The fraction of sp³-hybridized carbons (Fsp3) is 0.775. The molecule has 46 heavy (non-hydrogen) atoms. The van der Waals surface area contributed by atoms with E-state index in [1.165, 1.54) is 54.9 Å². The Hall–Kier alpha value is -2.37. The van der Waals surface area contributed by atoms with E-state index < -0.39 is 0 Å². The number of aromatic amines is 3. The van der Waals surface area contributed by atoms with Gasteiger partial charge in [-0.05, 0) is 25.7 Å². The molecule has 0 spiro atoms. The molecule has 264 valence electrons. The Kier molecular flexibility index (Phi) is 14.6. The van der Waals surface area contributed by atoms with E-state index in [4.69, 9.17) is 9.97 Å². The molecule has 0 saturated heterocycles. The van der Waals surface area contributed by atoms with E-state index in [1.54, 1.807) is 18.7 Å². The van der Waals surface area contributed by atoms with Gasteiger partial charge in [0.1, 0.15) is 11.6 Å². The SMILES string of the molecule is CCCC(C)(C)c1nc(C(C)(C)C)[nH]c1C(C)(C)CC.CCCCC(C)(C)c1nc(C(C)(C)C)[nH]c1C(C)(C)CC.c1c[nH]cn1. The van der Waals surface area contributed by atoms with Crippen molar-refractivity contribution in [3.8, 4) is 0 Å². The number of nitrogens with one attached hydrogen (secondary N) is 3. The van der Waals surface area contributed by atoms with E-state index in [9.17, 15) is 0 Å². The third-order valence-electron chi connectivity index (χ3n) is 9.67. The van der Waals surface area contributed by atoms with Crippen LogP contribution < -0.4 is 0 Å². The van der Waals surface area contributed by atoms with Gasteiger partial charge in [-0.3, -0.25) is 0 Å². The fourth-order valence-electron chi connectivity index (χ4n) is 5.47. The minimum Gasteiger partial charge on any atom is -0.351 e. The van der Waals surface area contributed by atoms with Crippen molar-refractivity contribution < 1.29 is 0 Å². The van der Waals surface area contributed by atoms with Gasteiger partial charge in [-0.15, -0.1) is 0 Å². The number of rotatable bonds is 11. The van der Waals surface area contributed by atoms with Crippen molar-refractivity contribution in [2.24, 2.45) is 0 Å². The lowest BCUT2D eigenvalue weighted by molar-refractivity contribution is 0.417. The summed E-state index contributed by atoms with van der Waals surface area (Å²) in [5, 5.41) is 0. The van der Waals surface area contributed by atoms with Gasteiger partial charge < -0.3 is 15.0 Å². The van der Waals surface area contributed by atoms with Gasteiger partial charge in [-0.25, -0.2) is 15.0 Å². The van der Waals surface area contributed by atoms with Gasteiger partial charge in [0, 0.05) is 56.3 Å². The number of hydrogen-bond acceptors (Lipinski definition) is 3. The molecule has 6 nitrogen and oxygen atoms in total. The zero-order valence-corrected chi connectivity index (χ0v) is 33.5. The highest BCUT2D eigenvalue weighted by atomic mass is 15.0. The average Bonchev–Trinajstić information content (AvgIpc) is 3.73. The van der Waals surface area contributed by atoms with Crippen molar-refractivity contribution >= 4 is 0 Å². The lowest BCUT2D eigenvalue weighted by Crippen LogP contribution is -2.26. The van der Waals surface area contributed by atoms with E-state index in [1.807, 2.05) is 0 Å². The first kappa shape index (κ1) is 41.7. The maximum absolute atomic E-state index is 5.06. The Labute approximate surface area is 284 Å². The lowest BCUT2D eigenvalue weighted by atomic mass is 9.76. The molecule has 3 rings (SSSR count). The van der Waals surface area contributed by atoms with Gasteiger partial charge >= 0.3 is 0 Å². The average molecular weight is 639 g/mol. The largest absolute Gasteiger partial charge is 0.351 e. The predicted octanol–water partition coefficient (Wildman–Crippen LogP) is 11.7. The molecule has 3 N–H and O–H groups in total. The molecule has 0 aromatic carbocycles. The highest BCUT2D eigenvalue weighted by molar-refractivity contribution is 5.32. The Bertz CT molecular complexity index is 1250. The van der Waals surface area contributed by atoms with Gasteiger partial charge in [0.05, 0.1) is 17.7 Å². The molecule has 0 aliphatic rings. The molecule has 0 amide bonds. The molecule has 0 bridgehead atoms. The summed E-state index contributed by atoms with van der Waals surface area (Å²) in [6.07, 6.45) is 13.4. The molecule has 0 aliphatic heterocycles. The molecule has 0 aliphatic carbocycles. The van der Waals surface area contributed by atoms with Crippen LogP contribution in [0.15, 0.2) is 18.7 Å². The van der Waals surface area contributed by atoms with Crippen LogP contribution in [0.3, 0.4) is 0 Å². The highest BCUT2D eigenvalue weighted by Crippen LogP contribution is 2.40. The molecule has 0 atom stereocenters.